The molecule has 11 heavy (non-hydrogen) atoms. The molecule has 2 nitrogen and oxygen atoms in total. The monoisotopic (exact) mass is 178 g/mol. The summed E-state index contributed by atoms with van der Waals surface area (Å²) in [5.74, 6) is -0.231. The van der Waals surface area contributed by atoms with Gasteiger partial charge in [-0.25, -0.2) is 0 Å². The second kappa shape index (κ2) is 6.47. The van der Waals surface area contributed by atoms with E-state index in [1.807, 2.05) is 0 Å². The first-order valence-electron chi connectivity index (χ1n) is 3.94. The van der Waals surface area contributed by atoms with E-state index < -0.39 is 0 Å². The van der Waals surface area contributed by atoms with E-state index in [9.17, 15) is 4.79 Å². The lowest BCUT2D eigenvalue weighted by atomic mass is 10.2. The van der Waals surface area contributed by atoms with Crippen molar-refractivity contribution in [1.29, 1.82) is 0 Å². The fourth-order valence-corrected chi connectivity index (χ4v) is 1.10. The Balaban J connectivity index is 3.16. The number of hydrogen-bond acceptors (Lipinski definition) is 2. The molecule has 0 aliphatic heterocycles. The van der Waals surface area contributed by atoms with E-state index in [1.165, 1.54) is 6.92 Å². The molecule has 0 spiro atoms. The molecule has 0 aromatic heterocycles. The lowest BCUT2D eigenvalue weighted by molar-refractivity contribution is -0.141. The average molecular weight is 179 g/mol. The summed E-state index contributed by atoms with van der Waals surface area (Å²) in [6.45, 7) is 3.94. The largest absolute Gasteiger partial charge is 0.466 e. The topological polar surface area (TPSA) is 26.3 Å². The van der Waals surface area contributed by atoms with E-state index in [2.05, 4.69) is 6.92 Å². The van der Waals surface area contributed by atoms with Gasteiger partial charge in [-0.2, -0.15) is 0 Å². The van der Waals surface area contributed by atoms with Gasteiger partial charge in [-0.3, -0.25) is 4.79 Å². The lowest BCUT2D eigenvalue weighted by Crippen LogP contribution is -2.06. The van der Waals surface area contributed by atoms with E-state index >= 15 is 0 Å². The van der Waals surface area contributed by atoms with Crippen LogP contribution in [0.15, 0.2) is 0 Å². The molecule has 0 fully saturated rings. The average Bonchev–Trinajstić information content (AvgIpc) is 1.87. The Morgan fingerprint density at radius 1 is 1.55 bits per heavy atom. The number of carbonyl (C=O) groups is 1. The van der Waals surface area contributed by atoms with Crippen molar-refractivity contribution in [2.45, 2.75) is 38.5 Å². The van der Waals surface area contributed by atoms with E-state index in [-0.39, 0.29) is 11.3 Å². The molecule has 0 radical (unpaired) electrons. The Labute approximate surface area is 72.9 Å². The number of rotatable bonds is 5. The minimum atomic E-state index is -0.231. The SMILES string of the molecule is CCCC(Cl)CCOC(C)=O. The second-order valence-electron chi connectivity index (χ2n) is 2.51. The zero-order chi connectivity index (χ0) is 8.69. The third kappa shape index (κ3) is 7.66. The number of hydrogen-bond donors (Lipinski definition) is 0. The molecule has 0 aliphatic rings. The highest BCUT2D eigenvalue weighted by molar-refractivity contribution is 6.20. The normalized spacial score (nSPS) is 12.6. The molecule has 1 unspecified atom stereocenters. The molecule has 0 rings (SSSR count). The van der Waals surface area contributed by atoms with E-state index in [0.29, 0.717) is 6.61 Å². The molecule has 0 aromatic carbocycles. The Bertz CT molecular complexity index is 115. The molecule has 66 valence electrons. The number of carbonyl (C=O) groups excluding carboxylic acids is 1. The van der Waals surface area contributed by atoms with Crippen LogP contribution < -0.4 is 0 Å². The minimum absolute atomic E-state index is 0.152. The predicted molar refractivity (Wildman–Crippen MR) is 45.8 cm³/mol. The fourth-order valence-electron chi connectivity index (χ4n) is 0.788. The molecule has 0 aliphatic carbocycles. The van der Waals surface area contributed by atoms with Crippen LogP contribution in [0.2, 0.25) is 0 Å². The quantitative estimate of drug-likeness (QED) is 0.477. The maximum Gasteiger partial charge on any atom is 0.302 e. The third-order valence-corrected chi connectivity index (χ3v) is 1.77. The van der Waals surface area contributed by atoms with Crippen LogP contribution in [0.3, 0.4) is 0 Å². The summed E-state index contributed by atoms with van der Waals surface area (Å²) < 4.78 is 4.74. The zero-order valence-electron chi connectivity index (χ0n) is 7.10. The van der Waals surface area contributed by atoms with Crippen LogP contribution in [0, 0.1) is 0 Å². The lowest BCUT2D eigenvalue weighted by Gasteiger charge is -2.06. The minimum Gasteiger partial charge on any atom is -0.466 e. The molecule has 0 N–H and O–H groups in total. The maximum atomic E-state index is 10.3. The number of alkyl halides is 1. The number of halogens is 1. The van der Waals surface area contributed by atoms with Crippen molar-refractivity contribution in [3.8, 4) is 0 Å². The molecule has 0 amide bonds. The van der Waals surface area contributed by atoms with Gasteiger partial charge in [0.15, 0.2) is 0 Å². The Morgan fingerprint density at radius 3 is 2.64 bits per heavy atom. The summed E-state index contributed by atoms with van der Waals surface area (Å²) in [7, 11) is 0. The van der Waals surface area contributed by atoms with Crippen molar-refractivity contribution in [2.75, 3.05) is 6.61 Å². The second-order valence-corrected chi connectivity index (χ2v) is 3.13. The van der Waals surface area contributed by atoms with Crippen LogP contribution in [-0.4, -0.2) is 18.0 Å². The van der Waals surface area contributed by atoms with Gasteiger partial charge in [-0.15, -0.1) is 11.6 Å². The standard InChI is InChI=1S/C8H15ClO2/c1-3-4-8(9)5-6-11-7(2)10/h8H,3-6H2,1-2H3. The molecule has 0 saturated carbocycles. The first-order valence-corrected chi connectivity index (χ1v) is 4.38. The van der Waals surface area contributed by atoms with Crippen molar-refractivity contribution in [2.24, 2.45) is 0 Å². The predicted octanol–water partition coefficient (Wildman–Crippen LogP) is 2.35. The molecule has 0 heterocycles. The molecule has 0 aromatic rings. The summed E-state index contributed by atoms with van der Waals surface area (Å²) in [4.78, 5) is 10.3. The van der Waals surface area contributed by atoms with Gasteiger partial charge in [0.05, 0.1) is 6.61 Å². The summed E-state index contributed by atoms with van der Waals surface area (Å²) in [6, 6.07) is 0. The smallest absolute Gasteiger partial charge is 0.302 e. The van der Waals surface area contributed by atoms with E-state index in [1.54, 1.807) is 0 Å². The summed E-state index contributed by atoms with van der Waals surface area (Å²) in [5, 5.41) is 0.152. The van der Waals surface area contributed by atoms with Gasteiger partial charge in [0.25, 0.3) is 0 Å². The number of ether oxygens (including phenoxy) is 1. The van der Waals surface area contributed by atoms with Crippen LogP contribution in [0.5, 0.6) is 0 Å². The maximum absolute atomic E-state index is 10.3. The van der Waals surface area contributed by atoms with Crippen molar-refractivity contribution < 1.29 is 9.53 Å². The highest BCUT2D eigenvalue weighted by atomic mass is 35.5. The molecule has 0 saturated heterocycles. The fraction of sp³-hybridized carbons (Fsp3) is 0.875. The first-order chi connectivity index (χ1) is 5.16. The van der Waals surface area contributed by atoms with Crippen molar-refractivity contribution >= 4 is 17.6 Å². The molecular weight excluding hydrogens is 164 g/mol. The zero-order valence-corrected chi connectivity index (χ0v) is 7.86. The van der Waals surface area contributed by atoms with E-state index in [0.717, 1.165) is 19.3 Å². The van der Waals surface area contributed by atoms with Crippen molar-refractivity contribution in [3.05, 3.63) is 0 Å². The molecule has 1 atom stereocenters. The van der Waals surface area contributed by atoms with Crippen LogP contribution in [0.25, 0.3) is 0 Å². The van der Waals surface area contributed by atoms with Crippen LogP contribution >= 0.6 is 11.6 Å². The van der Waals surface area contributed by atoms with Gasteiger partial charge in [0, 0.05) is 12.3 Å². The molecule has 0 bridgehead atoms. The Morgan fingerprint density at radius 2 is 2.18 bits per heavy atom. The summed E-state index contributed by atoms with van der Waals surface area (Å²) in [5.41, 5.74) is 0. The van der Waals surface area contributed by atoms with Crippen molar-refractivity contribution in [1.82, 2.24) is 0 Å². The summed E-state index contributed by atoms with van der Waals surface area (Å²) in [6.07, 6.45) is 2.83. The Kier molecular flexibility index (Phi) is 6.33. The van der Waals surface area contributed by atoms with Gasteiger partial charge in [-0.1, -0.05) is 13.3 Å². The van der Waals surface area contributed by atoms with Crippen LogP contribution in [0.1, 0.15) is 33.1 Å². The molecular formula is C8H15ClO2. The van der Waals surface area contributed by atoms with Gasteiger partial charge < -0.3 is 4.74 Å². The van der Waals surface area contributed by atoms with E-state index in [4.69, 9.17) is 16.3 Å². The third-order valence-electron chi connectivity index (χ3n) is 1.34. The van der Waals surface area contributed by atoms with Gasteiger partial charge in [0.2, 0.25) is 0 Å². The highest BCUT2D eigenvalue weighted by Gasteiger charge is 2.03. The van der Waals surface area contributed by atoms with Crippen LogP contribution in [0.4, 0.5) is 0 Å². The summed E-state index contributed by atoms with van der Waals surface area (Å²) >= 11 is 5.87. The molecule has 3 heteroatoms. The van der Waals surface area contributed by atoms with Gasteiger partial charge in [-0.05, 0) is 12.8 Å². The number of esters is 1. The highest BCUT2D eigenvalue weighted by Crippen LogP contribution is 2.09. The first kappa shape index (κ1) is 10.8. The van der Waals surface area contributed by atoms with Crippen molar-refractivity contribution in [3.63, 3.8) is 0 Å². The van der Waals surface area contributed by atoms with Gasteiger partial charge >= 0.3 is 5.97 Å². The van der Waals surface area contributed by atoms with Crippen LogP contribution in [-0.2, 0) is 9.53 Å². The van der Waals surface area contributed by atoms with Gasteiger partial charge in [0.1, 0.15) is 0 Å². The Hall–Kier alpha value is -0.240.